The highest BCUT2D eigenvalue weighted by Gasteiger charge is 2.00. The topological polar surface area (TPSA) is 65.4 Å². The number of H-pyrrole nitrogens is 1. The van der Waals surface area contributed by atoms with E-state index in [1.165, 1.54) is 6.33 Å². The minimum absolute atomic E-state index is 0.413. The second-order valence-corrected chi connectivity index (χ2v) is 2.09. The molecule has 0 aliphatic rings. The molecule has 0 unspecified atom stereocenters. The minimum Gasteiger partial charge on any atom is -0.365 e. The quantitative estimate of drug-likeness (QED) is 0.595. The van der Waals surface area contributed by atoms with Gasteiger partial charge in [-0.15, -0.1) is 0 Å². The number of rotatable bonds is 0. The molecule has 2 aromatic rings. The Labute approximate surface area is 62.5 Å². The summed E-state index contributed by atoms with van der Waals surface area (Å²) < 4.78 is 0. The zero-order chi connectivity index (χ0) is 7.68. The number of nitriles is 1. The number of fused-ring (bicyclic) bond motifs is 1. The van der Waals surface area contributed by atoms with Crippen LogP contribution in [0.15, 0.2) is 18.7 Å². The molecule has 52 valence electrons. The van der Waals surface area contributed by atoms with Gasteiger partial charge in [0.25, 0.3) is 0 Å². The Kier molecular flexibility index (Phi) is 1.10. The van der Waals surface area contributed by atoms with Crippen LogP contribution in [-0.2, 0) is 0 Å². The molecule has 1 N–H and O–H groups in total. The lowest BCUT2D eigenvalue weighted by molar-refractivity contribution is 1.20. The molecule has 0 spiro atoms. The van der Waals surface area contributed by atoms with E-state index in [0.29, 0.717) is 5.69 Å². The summed E-state index contributed by atoms with van der Waals surface area (Å²) in [5.41, 5.74) is 1.19. The van der Waals surface area contributed by atoms with Crippen LogP contribution in [0.3, 0.4) is 0 Å². The third kappa shape index (κ3) is 0.749. The molecule has 0 aliphatic heterocycles. The highest BCUT2D eigenvalue weighted by Crippen LogP contribution is 2.11. The molecule has 0 saturated heterocycles. The lowest BCUT2D eigenvalue weighted by Gasteiger charge is -1.87. The van der Waals surface area contributed by atoms with Gasteiger partial charge in [-0.05, 0) is 0 Å². The van der Waals surface area contributed by atoms with E-state index in [1.807, 2.05) is 6.07 Å². The monoisotopic (exact) mass is 144 g/mol. The van der Waals surface area contributed by atoms with Gasteiger partial charge in [0.2, 0.25) is 0 Å². The van der Waals surface area contributed by atoms with Crippen molar-refractivity contribution in [2.24, 2.45) is 0 Å². The van der Waals surface area contributed by atoms with Gasteiger partial charge in [-0.3, -0.25) is 0 Å². The lowest BCUT2D eigenvalue weighted by Crippen LogP contribution is -1.83. The van der Waals surface area contributed by atoms with Crippen LogP contribution in [-0.4, -0.2) is 15.0 Å². The van der Waals surface area contributed by atoms with E-state index >= 15 is 0 Å². The Morgan fingerprint density at radius 1 is 1.36 bits per heavy atom. The Morgan fingerprint density at radius 2 is 2.27 bits per heavy atom. The predicted molar refractivity (Wildman–Crippen MR) is 38.6 cm³/mol. The average molecular weight is 144 g/mol. The molecule has 11 heavy (non-hydrogen) atoms. The van der Waals surface area contributed by atoms with E-state index in [0.717, 1.165) is 10.9 Å². The SMILES string of the molecule is N#Cc1ncnc2c[nH]cc12. The molecule has 0 atom stereocenters. The third-order valence-corrected chi connectivity index (χ3v) is 1.47. The first-order valence-corrected chi connectivity index (χ1v) is 3.09. The minimum atomic E-state index is 0.413. The van der Waals surface area contributed by atoms with Crippen molar-refractivity contribution in [2.45, 2.75) is 0 Å². The zero-order valence-corrected chi connectivity index (χ0v) is 5.57. The molecule has 0 bridgehead atoms. The van der Waals surface area contributed by atoms with Gasteiger partial charge in [-0.1, -0.05) is 0 Å². The molecule has 4 nitrogen and oxygen atoms in total. The maximum Gasteiger partial charge on any atom is 0.153 e. The lowest BCUT2D eigenvalue weighted by atomic mass is 10.3. The number of nitrogens with zero attached hydrogens (tertiary/aromatic N) is 3. The predicted octanol–water partition coefficient (Wildman–Crippen LogP) is 0.830. The van der Waals surface area contributed by atoms with Crippen LogP contribution in [0.5, 0.6) is 0 Å². The van der Waals surface area contributed by atoms with Crippen molar-refractivity contribution in [1.82, 2.24) is 15.0 Å². The number of aromatic nitrogens is 3. The van der Waals surface area contributed by atoms with Gasteiger partial charge in [-0.2, -0.15) is 5.26 Å². The molecule has 0 aromatic carbocycles. The van der Waals surface area contributed by atoms with Crippen LogP contribution < -0.4 is 0 Å². The summed E-state index contributed by atoms with van der Waals surface area (Å²) >= 11 is 0. The summed E-state index contributed by atoms with van der Waals surface area (Å²) in [6.07, 6.45) is 4.83. The van der Waals surface area contributed by atoms with Crippen LogP contribution >= 0.6 is 0 Å². The van der Waals surface area contributed by atoms with Crippen molar-refractivity contribution in [3.05, 3.63) is 24.4 Å². The Hall–Kier alpha value is -1.89. The molecular formula is C7H4N4. The molecule has 2 rings (SSSR count). The summed E-state index contributed by atoms with van der Waals surface area (Å²) in [5.74, 6) is 0. The van der Waals surface area contributed by atoms with Crippen molar-refractivity contribution in [2.75, 3.05) is 0 Å². The number of hydrogen-bond donors (Lipinski definition) is 1. The molecule has 2 aromatic heterocycles. The highest BCUT2D eigenvalue weighted by atomic mass is 14.9. The highest BCUT2D eigenvalue weighted by molar-refractivity contribution is 5.82. The van der Waals surface area contributed by atoms with Crippen molar-refractivity contribution >= 4 is 10.9 Å². The van der Waals surface area contributed by atoms with E-state index in [4.69, 9.17) is 5.26 Å². The van der Waals surface area contributed by atoms with Crippen molar-refractivity contribution < 1.29 is 0 Å². The van der Waals surface area contributed by atoms with Crippen LogP contribution in [0.4, 0.5) is 0 Å². The van der Waals surface area contributed by atoms with Gasteiger partial charge in [0, 0.05) is 12.4 Å². The summed E-state index contributed by atoms with van der Waals surface area (Å²) in [7, 11) is 0. The molecule has 0 amide bonds. The molecule has 0 saturated carbocycles. The maximum absolute atomic E-state index is 8.60. The second-order valence-electron chi connectivity index (χ2n) is 2.09. The molecule has 4 heteroatoms. The van der Waals surface area contributed by atoms with Crippen LogP contribution in [0, 0.1) is 11.3 Å². The van der Waals surface area contributed by atoms with Crippen molar-refractivity contribution in [1.29, 1.82) is 5.26 Å². The zero-order valence-electron chi connectivity index (χ0n) is 5.57. The van der Waals surface area contributed by atoms with E-state index < -0.39 is 0 Å². The average Bonchev–Trinajstić information content (AvgIpc) is 2.50. The molecule has 2 heterocycles. The van der Waals surface area contributed by atoms with E-state index in [-0.39, 0.29) is 0 Å². The van der Waals surface area contributed by atoms with E-state index in [9.17, 15) is 0 Å². The standard InChI is InChI=1S/C7H4N4/c8-1-6-5-2-9-3-7(5)11-4-10-6/h2-4,9H. The Bertz CT molecular complexity index is 423. The smallest absolute Gasteiger partial charge is 0.153 e. The molecule has 0 fully saturated rings. The van der Waals surface area contributed by atoms with Gasteiger partial charge >= 0.3 is 0 Å². The first-order valence-electron chi connectivity index (χ1n) is 3.09. The van der Waals surface area contributed by atoms with Gasteiger partial charge in [0.05, 0.1) is 10.9 Å². The van der Waals surface area contributed by atoms with Gasteiger partial charge in [0.1, 0.15) is 12.4 Å². The van der Waals surface area contributed by atoms with Crippen LogP contribution in [0.2, 0.25) is 0 Å². The second kappa shape index (κ2) is 2.06. The summed E-state index contributed by atoms with van der Waals surface area (Å²) in [6, 6.07) is 1.98. The van der Waals surface area contributed by atoms with Gasteiger partial charge in [-0.25, -0.2) is 9.97 Å². The first kappa shape index (κ1) is 5.86. The molecule has 0 radical (unpaired) electrons. The largest absolute Gasteiger partial charge is 0.365 e. The number of nitrogens with one attached hydrogen (secondary N) is 1. The Balaban J connectivity index is 2.92. The molecule has 0 aliphatic carbocycles. The Morgan fingerprint density at radius 3 is 3.09 bits per heavy atom. The number of hydrogen-bond acceptors (Lipinski definition) is 3. The fourth-order valence-electron chi connectivity index (χ4n) is 0.960. The normalized spacial score (nSPS) is 9.73. The summed E-state index contributed by atoms with van der Waals surface area (Å²) in [6.45, 7) is 0. The third-order valence-electron chi connectivity index (χ3n) is 1.47. The fraction of sp³-hybridized carbons (Fsp3) is 0. The summed E-state index contributed by atoms with van der Waals surface area (Å²) in [4.78, 5) is 10.6. The maximum atomic E-state index is 8.60. The van der Waals surface area contributed by atoms with Gasteiger partial charge < -0.3 is 4.98 Å². The van der Waals surface area contributed by atoms with Gasteiger partial charge in [0.15, 0.2) is 5.69 Å². The van der Waals surface area contributed by atoms with Crippen LogP contribution in [0.25, 0.3) is 10.9 Å². The van der Waals surface area contributed by atoms with E-state index in [1.54, 1.807) is 12.4 Å². The van der Waals surface area contributed by atoms with Crippen LogP contribution in [0.1, 0.15) is 5.69 Å². The van der Waals surface area contributed by atoms with Crippen molar-refractivity contribution in [3.63, 3.8) is 0 Å². The van der Waals surface area contributed by atoms with Crippen molar-refractivity contribution in [3.8, 4) is 6.07 Å². The van der Waals surface area contributed by atoms with E-state index in [2.05, 4.69) is 15.0 Å². The first-order chi connectivity index (χ1) is 5.42. The number of aromatic amines is 1. The molecular weight excluding hydrogens is 140 g/mol. The fourth-order valence-corrected chi connectivity index (χ4v) is 0.960. The summed E-state index contributed by atoms with van der Waals surface area (Å²) in [5, 5.41) is 9.37.